The lowest BCUT2D eigenvalue weighted by atomic mass is 10.1. The van der Waals surface area contributed by atoms with Crippen molar-refractivity contribution in [1.82, 2.24) is 9.88 Å². The Morgan fingerprint density at radius 3 is 2.37 bits per heavy atom. The first kappa shape index (κ1) is 25.0. The summed E-state index contributed by atoms with van der Waals surface area (Å²) in [5.74, 6) is -0.127. The molecule has 1 aromatic heterocycles. The molecule has 1 aliphatic heterocycles. The Labute approximate surface area is 219 Å². The third kappa shape index (κ3) is 5.34. The van der Waals surface area contributed by atoms with E-state index in [1.165, 1.54) is 4.90 Å². The number of carbonyl (C=O) groups is 3. The molecular weight excluding hydrogens is 484 g/mol. The van der Waals surface area contributed by atoms with E-state index in [0.29, 0.717) is 29.0 Å². The molecule has 0 N–H and O–H groups in total. The van der Waals surface area contributed by atoms with Gasteiger partial charge in [-0.3, -0.25) is 14.5 Å². The lowest BCUT2D eigenvalue weighted by Gasteiger charge is -2.17. The van der Waals surface area contributed by atoms with Crippen molar-refractivity contribution in [3.63, 3.8) is 0 Å². The van der Waals surface area contributed by atoms with Gasteiger partial charge in [0.25, 0.3) is 11.8 Å². The van der Waals surface area contributed by atoms with Gasteiger partial charge in [-0.2, -0.15) is 0 Å². The number of fused-ring (bicyclic) bond motifs is 2. The third-order valence-corrected chi connectivity index (χ3v) is 6.22. The first-order valence-electron chi connectivity index (χ1n) is 12.4. The van der Waals surface area contributed by atoms with E-state index in [-0.39, 0.29) is 38.2 Å². The van der Waals surface area contributed by atoms with E-state index in [1.54, 1.807) is 43.3 Å². The number of nitrogens with zero attached hydrogens (tertiary/aromatic N) is 2. The normalized spacial score (nSPS) is 12.5. The molecule has 2 heterocycles. The summed E-state index contributed by atoms with van der Waals surface area (Å²) in [6.07, 6.45) is 0.379. The Morgan fingerprint density at radius 2 is 1.61 bits per heavy atom. The first-order valence-corrected chi connectivity index (χ1v) is 12.4. The van der Waals surface area contributed by atoms with Crippen molar-refractivity contribution in [1.29, 1.82) is 0 Å². The molecule has 0 saturated heterocycles. The average Bonchev–Trinajstić information content (AvgIpc) is 3.19. The van der Waals surface area contributed by atoms with Crippen LogP contribution >= 0.6 is 0 Å². The number of rotatable bonds is 10. The highest BCUT2D eigenvalue weighted by molar-refractivity contribution is 6.21. The zero-order valence-corrected chi connectivity index (χ0v) is 20.9. The van der Waals surface area contributed by atoms with Crippen LogP contribution in [0.5, 0.6) is 11.5 Å². The van der Waals surface area contributed by atoms with Crippen LogP contribution in [-0.4, -0.2) is 47.4 Å². The smallest absolute Gasteiger partial charge is 0.344 e. The number of hydrogen-bond donors (Lipinski definition) is 0. The van der Waals surface area contributed by atoms with E-state index in [2.05, 4.69) is 4.98 Å². The topological polar surface area (TPSA) is 95.0 Å². The molecule has 0 spiro atoms. The van der Waals surface area contributed by atoms with Gasteiger partial charge in [0.05, 0.1) is 28.9 Å². The number of pyridine rings is 1. The van der Waals surface area contributed by atoms with E-state index >= 15 is 0 Å². The van der Waals surface area contributed by atoms with E-state index in [9.17, 15) is 14.4 Å². The summed E-state index contributed by atoms with van der Waals surface area (Å²) in [4.78, 5) is 43.2. The molecule has 0 aliphatic carbocycles. The second kappa shape index (κ2) is 11.1. The highest BCUT2D eigenvalue weighted by Crippen LogP contribution is 2.28. The molecule has 0 fully saturated rings. The van der Waals surface area contributed by atoms with Gasteiger partial charge in [-0.05, 0) is 49.2 Å². The van der Waals surface area contributed by atoms with Crippen LogP contribution in [0, 0.1) is 0 Å². The highest BCUT2D eigenvalue weighted by atomic mass is 16.6. The fourth-order valence-electron chi connectivity index (χ4n) is 4.33. The summed E-state index contributed by atoms with van der Waals surface area (Å²) in [5, 5.41) is 1.03. The maximum absolute atomic E-state index is 12.8. The molecule has 192 valence electrons. The second-order valence-electron chi connectivity index (χ2n) is 8.70. The van der Waals surface area contributed by atoms with Crippen LogP contribution in [0.4, 0.5) is 0 Å². The molecule has 0 atom stereocenters. The summed E-state index contributed by atoms with van der Waals surface area (Å²) in [6.45, 7) is 2.17. The van der Waals surface area contributed by atoms with Crippen LogP contribution in [-0.2, 0) is 22.6 Å². The number of imide groups is 1. The fraction of sp³-hybridized carbons (Fsp3) is 0.200. The molecule has 8 nitrogen and oxygen atoms in total. The lowest BCUT2D eigenvalue weighted by molar-refractivity contribution is -0.145. The molecule has 2 amide bonds. The standard InChI is InChI=1S/C30H26N2O6/c1-2-36-28(33)19-37-23-14-12-21(15-16-32-29(34)24-8-4-5-9-25(24)30(32)35)27(17-23)38-18-22-13-11-20-7-3-6-10-26(20)31-22/h3-14,17H,2,15-16,18-19H2,1H3. The number of esters is 1. The first-order chi connectivity index (χ1) is 18.5. The van der Waals surface area contributed by atoms with Gasteiger partial charge in [0, 0.05) is 18.0 Å². The maximum Gasteiger partial charge on any atom is 0.344 e. The van der Waals surface area contributed by atoms with Crippen LogP contribution in [0.1, 0.15) is 38.9 Å². The van der Waals surface area contributed by atoms with Crippen LogP contribution in [0.25, 0.3) is 10.9 Å². The minimum Gasteiger partial charge on any atom is -0.487 e. The summed E-state index contributed by atoms with van der Waals surface area (Å²) >= 11 is 0. The largest absolute Gasteiger partial charge is 0.487 e. The number of carbonyl (C=O) groups excluding carboxylic acids is 3. The average molecular weight is 511 g/mol. The number of amides is 2. The molecule has 38 heavy (non-hydrogen) atoms. The van der Waals surface area contributed by atoms with E-state index in [1.807, 2.05) is 42.5 Å². The molecule has 1 aliphatic rings. The van der Waals surface area contributed by atoms with Crippen LogP contribution in [0.2, 0.25) is 0 Å². The van der Waals surface area contributed by atoms with Gasteiger partial charge in [-0.25, -0.2) is 9.78 Å². The Morgan fingerprint density at radius 1 is 0.868 bits per heavy atom. The van der Waals surface area contributed by atoms with Crippen LogP contribution in [0.15, 0.2) is 78.9 Å². The zero-order valence-electron chi connectivity index (χ0n) is 20.9. The van der Waals surface area contributed by atoms with Gasteiger partial charge >= 0.3 is 5.97 Å². The molecule has 4 aromatic rings. The highest BCUT2D eigenvalue weighted by Gasteiger charge is 2.34. The summed E-state index contributed by atoms with van der Waals surface area (Å²) in [7, 11) is 0. The fourth-order valence-corrected chi connectivity index (χ4v) is 4.33. The number of aromatic nitrogens is 1. The lowest BCUT2D eigenvalue weighted by Crippen LogP contribution is -2.31. The van der Waals surface area contributed by atoms with Crippen LogP contribution in [0.3, 0.4) is 0 Å². The molecule has 0 radical (unpaired) electrons. The molecule has 0 bridgehead atoms. The van der Waals surface area contributed by atoms with E-state index in [0.717, 1.165) is 22.2 Å². The van der Waals surface area contributed by atoms with Gasteiger partial charge < -0.3 is 14.2 Å². The summed E-state index contributed by atoms with van der Waals surface area (Å²) in [6, 6.07) is 23.8. The minimum absolute atomic E-state index is 0.194. The SMILES string of the molecule is CCOC(=O)COc1ccc(CCN2C(=O)c3ccccc3C2=O)c(OCc2ccc3ccccc3n2)c1. The predicted octanol–water partition coefficient (Wildman–Crippen LogP) is 4.59. The monoisotopic (exact) mass is 510 g/mol. The maximum atomic E-state index is 12.8. The number of benzene rings is 3. The Kier molecular flexibility index (Phi) is 7.31. The third-order valence-electron chi connectivity index (χ3n) is 6.22. The van der Waals surface area contributed by atoms with Crippen molar-refractivity contribution < 1.29 is 28.6 Å². The molecule has 8 heteroatoms. The molecule has 0 saturated carbocycles. The quantitative estimate of drug-likeness (QED) is 0.227. The Balaban J connectivity index is 1.33. The molecule has 3 aromatic carbocycles. The van der Waals surface area contributed by atoms with Gasteiger partial charge in [0.1, 0.15) is 18.1 Å². The van der Waals surface area contributed by atoms with Gasteiger partial charge in [-0.15, -0.1) is 0 Å². The summed E-state index contributed by atoms with van der Waals surface area (Å²) in [5.41, 5.74) is 3.22. The van der Waals surface area contributed by atoms with Crippen molar-refractivity contribution in [2.75, 3.05) is 19.8 Å². The van der Waals surface area contributed by atoms with Gasteiger partial charge in [0.2, 0.25) is 0 Å². The van der Waals surface area contributed by atoms with Gasteiger partial charge in [-0.1, -0.05) is 42.5 Å². The molecule has 0 unspecified atom stereocenters. The van der Waals surface area contributed by atoms with Crippen molar-refractivity contribution in [2.45, 2.75) is 20.0 Å². The minimum atomic E-state index is -0.468. The van der Waals surface area contributed by atoms with Gasteiger partial charge in [0.15, 0.2) is 6.61 Å². The number of ether oxygens (including phenoxy) is 3. The second-order valence-corrected chi connectivity index (χ2v) is 8.70. The van der Waals surface area contributed by atoms with Crippen LogP contribution < -0.4 is 9.47 Å². The van der Waals surface area contributed by atoms with Crippen molar-refractivity contribution >= 4 is 28.7 Å². The van der Waals surface area contributed by atoms with Crippen molar-refractivity contribution in [2.24, 2.45) is 0 Å². The van der Waals surface area contributed by atoms with E-state index in [4.69, 9.17) is 14.2 Å². The van der Waals surface area contributed by atoms with E-state index < -0.39 is 5.97 Å². The molecule has 5 rings (SSSR count). The number of para-hydroxylation sites is 1. The summed E-state index contributed by atoms with van der Waals surface area (Å²) < 4.78 is 16.7. The van der Waals surface area contributed by atoms with Crippen molar-refractivity contribution in [3.8, 4) is 11.5 Å². The van der Waals surface area contributed by atoms with Crippen molar-refractivity contribution in [3.05, 3.63) is 101 Å². The Bertz CT molecular complexity index is 1480. The zero-order chi connectivity index (χ0) is 26.5. The predicted molar refractivity (Wildman–Crippen MR) is 140 cm³/mol. The Hall–Kier alpha value is -4.72. The number of hydrogen-bond acceptors (Lipinski definition) is 7. The molecular formula is C30H26N2O6.